The number of fused-ring (bicyclic) bond motifs is 1. The molecule has 1 aromatic heterocycles. The minimum absolute atomic E-state index is 0.0788. The molecule has 0 aliphatic carbocycles. The van der Waals surface area contributed by atoms with E-state index in [-0.39, 0.29) is 24.0 Å². The molecule has 0 saturated carbocycles. The van der Waals surface area contributed by atoms with Gasteiger partial charge in [0.25, 0.3) is 5.56 Å². The van der Waals surface area contributed by atoms with Crippen LogP contribution >= 0.6 is 0 Å². The van der Waals surface area contributed by atoms with Crippen LogP contribution in [0.25, 0.3) is 11.0 Å². The summed E-state index contributed by atoms with van der Waals surface area (Å²) in [5.41, 5.74) is 4.09. The number of hydrogen-bond donors (Lipinski definition) is 1. The van der Waals surface area contributed by atoms with Gasteiger partial charge >= 0.3 is 0 Å². The maximum atomic E-state index is 13.2. The second-order valence-electron chi connectivity index (χ2n) is 7.86. The van der Waals surface area contributed by atoms with Gasteiger partial charge in [-0.05, 0) is 37.5 Å². The molecule has 156 valence electrons. The first kappa shape index (κ1) is 20.3. The number of ether oxygens (including phenoxy) is 1. The first-order valence-corrected chi connectivity index (χ1v) is 10.5. The van der Waals surface area contributed by atoms with Crippen molar-refractivity contribution >= 4 is 16.9 Å². The van der Waals surface area contributed by atoms with E-state index in [1.807, 2.05) is 55.5 Å². The number of nitrogens with zero attached hydrogens (tertiary/aromatic N) is 2. The molecule has 6 heteroatoms. The van der Waals surface area contributed by atoms with Crippen LogP contribution in [0.2, 0.25) is 0 Å². The molecule has 0 bridgehead atoms. The molecule has 1 aliphatic heterocycles. The summed E-state index contributed by atoms with van der Waals surface area (Å²) in [7, 11) is 0. The van der Waals surface area contributed by atoms with Crippen molar-refractivity contribution in [3.8, 4) is 0 Å². The Kier molecular flexibility index (Phi) is 6.23. The maximum absolute atomic E-state index is 13.2. The first-order valence-electron chi connectivity index (χ1n) is 10.5. The number of para-hydroxylation sites is 2. The van der Waals surface area contributed by atoms with Crippen molar-refractivity contribution < 1.29 is 9.53 Å². The number of nitrogens with one attached hydrogen (secondary N) is 1. The van der Waals surface area contributed by atoms with E-state index in [2.05, 4.69) is 10.3 Å². The van der Waals surface area contributed by atoms with Gasteiger partial charge < -0.3 is 14.6 Å². The molecule has 1 N–H and O–H groups in total. The highest BCUT2D eigenvalue weighted by atomic mass is 16.5. The molecule has 1 saturated heterocycles. The van der Waals surface area contributed by atoms with Gasteiger partial charge in [-0.15, -0.1) is 0 Å². The molecule has 2 heterocycles. The van der Waals surface area contributed by atoms with Crippen molar-refractivity contribution in [3.63, 3.8) is 0 Å². The number of carbonyl (C=O) groups is 1. The molecule has 1 amide bonds. The van der Waals surface area contributed by atoms with E-state index in [0.29, 0.717) is 25.2 Å². The summed E-state index contributed by atoms with van der Waals surface area (Å²) in [6.07, 6.45) is 2.69. The van der Waals surface area contributed by atoms with Gasteiger partial charge in [0.1, 0.15) is 5.69 Å². The van der Waals surface area contributed by atoms with Crippen molar-refractivity contribution in [1.82, 2.24) is 14.9 Å². The molecule has 0 radical (unpaired) electrons. The second kappa shape index (κ2) is 9.22. The van der Waals surface area contributed by atoms with Gasteiger partial charge in [0.15, 0.2) is 0 Å². The summed E-state index contributed by atoms with van der Waals surface area (Å²) in [5.74, 6) is -0.0788. The van der Waals surface area contributed by atoms with Crippen LogP contribution in [-0.2, 0) is 22.5 Å². The highest BCUT2D eigenvalue weighted by molar-refractivity contribution is 5.77. The van der Waals surface area contributed by atoms with Crippen LogP contribution in [0.5, 0.6) is 0 Å². The lowest BCUT2D eigenvalue weighted by atomic mass is 10.1. The fourth-order valence-corrected chi connectivity index (χ4v) is 3.79. The number of aryl methyl sites for hydroxylation is 2. The molecule has 3 aromatic rings. The predicted octanol–water partition coefficient (Wildman–Crippen LogP) is 2.98. The summed E-state index contributed by atoms with van der Waals surface area (Å²) < 4.78 is 7.29. The lowest BCUT2D eigenvalue weighted by Crippen LogP contribution is -2.33. The number of aromatic nitrogens is 2. The predicted molar refractivity (Wildman–Crippen MR) is 117 cm³/mol. The van der Waals surface area contributed by atoms with Gasteiger partial charge in [0.2, 0.25) is 5.91 Å². The Bertz CT molecular complexity index is 1080. The number of rotatable bonds is 7. The zero-order chi connectivity index (χ0) is 20.9. The topological polar surface area (TPSA) is 73.2 Å². The third-order valence-corrected chi connectivity index (χ3v) is 5.52. The van der Waals surface area contributed by atoms with E-state index in [1.165, 1.54) is 5.56 Å². The Labute approximate surface area is 175 Å². The molecule has 1 aliphatic rings. The van der Waals surface area contributed by atoms with Crippen molar-refractivity contribution in [2.24, 2.45) is 0 Å². The van der Waals surface area contributed by atoms with Crippen LogP contribution in [-0.4, -0.2) is 34.7 Å². The number of amides is 1. The van der Waals surface area contributed by atoms with Crippen LogP contribution in [0, 0.1) is 6.92 Å². The average molecular weight is 405 g/mol. The van der Waals surface area contributed by atoms with E-state index in [0.717, 1.165) is 36.0 Å². The molecular formula is C24H27N3O3. The highest BCUT2D eigenvalue weighted by Gasteiger charge is 2.17. The summed E-state index contributed by atoms with van der Waals surface area (Å²) in [6, 6.07) is 15.8. The fraction of sp³-hybridized carbons (Fsp3) is 0.375. The Morgan fingerprint density at radius 1 is 1.20 bits per heavy atom. The molecule has 2 aromatic carbocycles. The van der Waals surface area contributed by atoms with E-state index in [9.17, 15) is 9.59 Å². The Balaban J connectivity index is 1.52. The largest absolute Gasteiger partial charge is 0.376 e. The third-order valence-electron chi connectivity index (χ3n) is 5.52. The standard InChI is InChI=1S/C24H27N3O3/c1-17-8-10-18(11-9-17)16-27-22-7-3-2-6-20(22)26-21(24(27)29)12-13-23(28)25-15-19-5-4-14-30-19/h2-3,6-11,19H,4-5,12-16H2,1H3,(H,25,28). The zero-order valence-corrected chi connectivity index (χ0v) is 17.3. The van der Waals surface area contributed by atoms with Crippen molar-refractivity contribution in [1.29, 1.82) is 0 Å². The summed E-state index contributed by atoms with van der Waals surface area (Å²) in [4.78, 5) is 30.0. The van der Waals surface area contributed by atoms with Crippen molar-refractivity contribution in [3.05, 3.63) is 75.7 Å². The van der Waals surface area contributed by atoms with Crippen LogP contribution in [0.3, 0.4) is 0 Å². The maximum Gasteiger partial charge on any atom is 0.273 e. The third kappa shape index (κ3) is 4.76. The fourth-order valence-electron chi connectivity index (χ4n) is 3.79. The van der Waals surface area contributed by atoms with Crippen molar-refractivity contribution in [2.75, 3.05) is 13.2 Å². The number of carbonyl (C=O) groups excluding carboxylic acids is 1. The molecule has 6 nitrogen and oxygen atoms in total. The lowest BCUT2D eigenvalue weighted by molar-refractivity contribution is -0.121. The molecular weight excluding hydrogens is 378 g/mol. The van der Waals surface area contributed by atoms with E-state index in [4.69, 9.17) is 4.74 Å². The second-order valence-corrected chi connectivity index (χ2v) is 7.86. The monoisotopic (exact) mass is 405 g/mol. The molecule has 1 fully saturated rings. The smallest absolute Gasteiger partial charge is 0.273 e. The van der Waals surface area contributed by atoms with Gasteiger partial charge in [-0.3, -0.25) is 9.59 Å². The normalized spacial score (nSPS) is 16.1. The highest BCUT2D eigenvalue weighted by Crippen LogP contribution is 2.14. The Hall–Kier alpha value is -2.99. The van der Waals surface area contributed by atoms with Crippen LogP contribution < -0.4 is 10.9 Å². The SMILES string of the molecule is Cc1ccc(Cn2c(=O)c(CCC(=O)NCC3CCCO3)nc3ccccc32)cc1. The molecule has 30 heavy (non-hydrogen) atoms. The van der Waals surface area contributed by atoms with E-state index >= 15 is 0 Å². The molecule has 4 rings (SSSR count). The summed E-state index contributed by atoms with van der Waals surface area (Å²) in [6.45, 7) is 3.81. The van der Waals surface area contributed by atoms with E-state index in [1.54, 1.807) is 4.57 Å². The summed E-state index contributed by atoms with van der Waals surface area (Å²) >= 11 is 0. The average Bonchev–Trinajstić information content (AvgIpc) is 3.28. The minimum Gasteiger partial charge on any atom is -0.376 e. The minimum atomic E-state index is -0.138. The van der Waals surface area contributed by atoms with Gasteiger partial charge in [-0.1, -0.05) is 42.0 Å². The molecule has 1 unspecified atom stereocenters. The van der Waals surface area contributed by atoms with Crippen LogP contribution in [0.15, 0.2) is 53.3 Å². The van der Waals surface area contributed by atoms with Gasteiger partial charge in [-0.25, -0.2) is 4.98 Å². The number of benzene rings is 2. The lowest BCUT2D eigenvalue weighted by Gasteiger charge is -2.13. The number of hydrogen-bond acceptors (Lipinski definition) is 4. The zero-order valence-electron chi connectivity index (χ0n) is 17.3. The Morgan fingerprint density at radius 3 is 2.77 bits per heavy atom. The van der Waals surface area contributed by atoms with Crippen LogP contribution in [0.4, 0.5) is 0 Å². The van der Waals surface area contributed by atoms with Gasteiger partial charge in [-0.2, -0.15) is 0 Å². The first-order chi connectivity index (χ1) is 14.6. The van der Waals surface area contributed by atoms with E-state index < -0.39 is 0 Å². The molecule has 1 atom stereocenters. The van der Waals surface area contributed by atoms with Gasteiger partial charge in [0.05, 0.1) is 23.7 Å². The van der Waals surface area contributed by atoms with Crippen LogP contribution in [0.1, 0.15) is 36.1 Å². The molecule has 0 spiro atoms. The Morgan fingerprint density at radius 2 is 2.00 bits per heavy atom. The van der Waals surface area contributed by atoms with Gasteiger partial charge in [0, 0.05) is 26.0 Å². The van der Waals surface area contributed by atoms with Crippen molar-refractivity contribution in [2.45, 2.75) is 45.3 Å². The quantitative estimate of drug-likeness (QED) is 0.656. The summed E-state index contributed by atoms with van der Waals surface area (Å²) in [5, 5.41) is 2.91.